The summed E-state index contributed by atoms with van der Waals surface area (Å²) in [6, 6.07) is 6.37. The van der Waals surface area contributed by atoms with Crippen LogP contribution in [0.1, 0.15) is 44.6 Å². The lowest BCUT2D eigenvalue weighted by molar-refractivity contribution is -0.146. The quantitative estimate of drug-likeness (QED) is 0.842. The molecule has 1 N–H and O–H groups in total. The molecule has 0 saturated carbocycles. The van der Waals surface area contributed by atoms with Gasteiger partial charge in [0.15, 0.2) is 5.79 Å². The van der Waals surface area contributed by atoms with Crippen molar-refractivity contribution in [2.75, 3.05) is 19.8 Å². The van der Waals surface area contributed by atoms with Gasteiger partial charge in [0, 0.05) is 19.4 Å². The maximum absolute atomic E-state index is 13.0. The molecule has 1 amide bonds. The van der Waals surface area contributed by atoms with Gasteiger partial charge in [-0.25, -0.2) is 4.39 Å². The number of rotatable bonds is 7. The number of halogens is 1. The van der Waals surface area contributed by atoms with Gasteiger partial charge in [0.1, 0.15) is 5.82 Å². The first-order valence-corrected chi connectivity index (χ1v) is 7.82. The van der Waals surface area contributed by atoms with Gasteiger partial charge in [-0.05, 0) is 37.0 Å². The van der Waals surface area contributed by atoms with Gasteiger partial charge in [0.2, 0.25) is 5.91 Å². The molecule has 0 aliphatic carbocycles. The van der Waals surface area contributed by atoms with Crippen LogP contribution in [0.15, 0.2) is 24.3 Å². The maximum Gasteiger partial charge on any atom is 0.220 e. The minimum absolute atomic E-state index is 0.00206. The maximum atomic E-state index is 13.0. The molecule has 0 bridgehead atoms. The van der Waals surface area contributed by atoms with Crippen LogP contribution in [0.4, 0.5) is 4.39 Å². The summed E-state index contributed by atoms with van der Waals surface area (Å²) in [5.74, 6) is -0.727. The lowest BCUT2D eigenvalue weighted by Crippen LogP contribution is -2.34. The van der Waals surface area contributed by atoms with Gasteiger partial charge >= 0.3 is 0 Å². The minimum atomic E-state index is -0.575. The van der Waals surface area contributed by atoms with E-state index in [2.05, 4.69) is 5.32 Å². The largest absolute Gasteiger partial charge is 0.356 e. The fourth-order valence-electron chi connectivity index (χ4n) is 2.66. The Bertz CT molecular complexity index is 483. The highest BCUT2D eigenvalue weighted by Crippen LogP contribution is 2.24. The molecular weight excluding hydrogens is 285 g/mol. The summed E-state index contributed by atoms with van der Waals surface area (Å²) in [6.07, 6.45) is 1.87. The Labute approximate surface area is 131 Å². The molecule has 122 valence electrons. The zero-order valence-electron chi connectivity index (χ0n) is 13.2. The van der Waals surface area contributed by atoms with E-state index in [0.717, 1.165) is 12.0 Å². The van der Waals surface area contributed by atoms with Crippen molar-refractivity contribution in [3.63, 3.8) is 0 Å². The summed E-state index contributed by atoms with van der Waals surface area (Å²) < 4.78 is 24.0. The highest BCUT2D eigenvalue weighted by Gasteiger charge is 2.30. The van der Waals surface area contributed by atoms with E-state index < -0.39 is 5.79 Å². The van der Waals surface area contributed by atoms with E-state index in [1.54, 1.807) is 12.1 Å². The van der Waals surface area contributed by atoms with E-state index in [-0.39, 0.29) is 17.6 Å². The van der Waals surface area contributed by atoms with E-state index in [1.165, 1.54) is 12.1 Å². The molecule has 1 aliphatic rings. The van der Waals surface area contributed by atoms with Gasteiger partial charge in [0.25, 0.3) is 0 Å². The van der Waals surface area contributed by atoms with E-state index in [0.29, 0.717) is 32.6 Å². The van der Waals surface area contributed by atoms with Gasteiger partial charge in [0.05, 0.1) is 13.2 Å². The summed E-state index contributed by atoms with van der Waals surface area (Å²) in [5, 5.41) is 2.91. The molecule has 0 radical (unpaired) electrons. The second-order valence-electron chi connectivity index (χ2n) is 5.79. The highest BCUT2D eigenvalue weighted by atomic mass is 19.1. The number of ether oxygens (including phenoxy) is 2. The summed E-state index contributed by atoms with van der Waals surface area (Å²) >= 11 is 0. The Kier molecular flexibility index (Phi) is 5.91. The van der Waals surface area contributed by atoms with Crippen LogP contribution >= 0.6 is 0 Å². The molecule has 1 saturated heterocycles. The Morgan fingerprint density at radius 2 is 1.95 bits per heavy atom. The second kappa shape index (κ2) is 7.70. The number of carbonyl (C=O) groups is 1. The molecule has 1 fully saturated rings. The first-order chi connectivity index (χ1) is 10.5. The number of benzene rings is 1. The molecule has 0 spiro atoms. The van der Waals surface area contributed by atoms with Crippen molar-refractivity contribution >= 4 is 5.91 Å². The average Bonchev–Trinajstić information content (AvgIpc) is 2.92. The summed E-state index contributed by atoms with van der Waals surface area (Å²) in [5.41, 5.74) is 0.994. The molecule has 4 nitrogen and oxygen atoms in total. The molecule has 5 heteroatoms. The Morgan fingerprint density at radius 1 is 1.32 bits per heavy atom. The zero-order valence-corrected chi connectivity index (χ0v) is 13.2. The summed E-state index contributed by atoms with van der Waals surface area (Å²) in [6.45, 7) is 5.65. The monoisotopic (exact) mass is 309 g/mol. The molecule has 22 heavy (non-hydrogen) atoms. The molecule has 1 aromatic carbocycles. The fraction of sp³-hybridized carbons (Fsp3) is 0.588. The number of hydrogen-bond acceptors (Lipinski definition) is 3. The minimum Gasteiger partial charge on any atom is -0.356 e. The third-order valence-corrected chi connectivity index (χ3v) is 4.07. The van der Waals surface area contributed by atoms with Gasteiger partial charge in [-0.1, -0.05) is 19.1 Å². The first kappa shape index (κ1) is 16.9. The van der Waals surface area contributed by atoms with Crippen molar-refractivity contribution in [2.24, 2.45) is 0 Å². The standard InChI is InChI=1S/C17H24FNO3/c1-3-13(14-4-6-15(18)7-5-14)12-16(20)19-9-8-17(2)21-10-11-22-17/h4-7,13H,3,8-12H2,1-2H3,(H,19,20). The van der Waals surface area contributed by atoms with Gasteiger partial charge in [-0.3, -0.25) is 4.79 Å². The van der Waals surface area contributed by atoms with Crippen molar-refractivity contribution in [3.8, 4) is 0 Å². The van der Waals surface area contributed by atoms with E-state index in [9.17, 15) is 9.18 Å². The smallest absolute Gasteiger partial charge is 0.220 e. The number of amides is 1. The second-order valence-corrected chi connectivity index (χ2v) is 5.79. The molecule has 2 rings (SSSR count). The van der Waals surface area contributed by atoms with Crippen LogP contribution in [0.25, 0.3) is 0 Å². The molecule has 1 heterocycles. The predicted octanol–water partition coefficient (Wildman–Crippen LogP) is 2.98. The average molecular weight is 309 g/mol. The molecule has 1 aromatic rings. The van der Waals surface area contributed by atoms with Crippen LogP contribution < -0.4 is 5.32 Å². The van der Waals surface area contributed by atoms with Crippen LogP contribution in [-0.2, 0) is 14.3 Å². The van der Waals surface area contributed by atoms with Crippen molar-refractivity contribution in [1.29, 1.82) is 0 Å². The van der Waals surface area contributed by atoms with Gasteiger partial charge in [-0.15, -0.1) is 0 Å². The Hall–Kier alpha value is -1.46. The molecule has 1 aliphatic heterocycles. The van der Waals surface area contributed by atoms with Crippen molar-refractivity contribution in [3.05, 3.63) is 35.6 Å². The van der Waals surface area contributed by atoms with Crippen molar-refractivity contribution in [1.82, 2.24) is 5.32 Å². The van der Waals surface area contributed by atoms with Crippen LogP contribution in [0.2, 0.25) is 0 Å². The first-order valence-electron chi connectivity index (χ1n) is 7.82. The SMILES string of the molecule is CCC(CC(=O)NCCC1(C)OCCO1)c1ccc(F)cc1. The van der Waals surface area contributed by atoms with Crippen molar-refractivity contribution < 1.29 is 18.7 Å². The van der Waals surface area contributed by atoms with E-state index in [4.69, 9.17) is 9.47 Å². The predicted molar refractivity (Wildman–Crippen MR) is 82.0 cm³/mol. The highest BCUT2D eigenvalue weighted by molar-refractivity contribution is 5.76. The van der Waals surface area contributed by atoms with Crippen LogP contribution in [-0.4, -0.2) is 31.5 Å². The fourth-order valence-corrected chi connectivity index (χ4v) is 2.66. The topological polar surface area (TPSA) is 47.6 Å². The third kappa shape index (κ3) is 4.78. The summed E-state index contributed by atoms with van der Waals surface area (Å²) in [7, 11) is 0. The Balaban J connectivity index is 1.78. The zero-order chi connectivity index (χ0) is 16.0. The number of hydrogen-bond donors (Lipinski definition) is 1. The van der Waals surface area contributed by atoms with Gasteiger partial charge < -0.3 is 14.8 Å². The lowest BCUT2D eigenvalue weighted by atomic mass is 9.93. The lowest BCUT2D eigenvalue weighted by Gasteiger charge is -2.22. The van der Waals surface area contributed by atoms with Crippen LogP contribution in [0.5, 0.6) is 0 Å². The number of carbonyl (C=O) groups excluding carboxylic acids is 1. The Morgan fingerprint density at radius 3 is 2.55 bits per heavy atom. The van der Waals surface area contributed by atoms with Gasteiger partial charge in [-0.2, -0.15) is 0 Å². The molecule has 0 aromatic heterocycles. The van der Waals surface area contributed by atoms with E-state index >= 15 is 0 Å². The molecular formula is C17H24FNO3. The molecule has 1 unspecified atom stereocenters. The third-order valence-electron chi connectivity index (χ3n) is 4.07. The molecule has 1 atom stereocenters. The summed E-state index contributed by atoms with van der Waals surface area (Å²) in [4.78, 5) is 12.1. The van der Waals surface area contributed by atoms with Crippen LogP contribution in [0, 0.1) is 5.82 Å². The van der Waals surface area contributed by atoms with Crippen LogP contribution in [0.3, 0.4) is 0 Å². The number of nitrogens with one attached hydrogen (secondary N) is 1. The van der Waals surface area contributed by atoms with Crippen molar-refractivity contribution in [2.45, 2.75) is 44.8 Å². The van der Waals surface area contributed by atoms with E-state index in [1.807, 2.05) is 13.8 Å². The normalized spacial score (nSPS) is 18.1.